The molecule has 1 fully saturated rings. The summed E-state index contributed by atoms with van der Waals surface area (Å²) in [5, 5.41) is 6.39. The molecule has 1 aliphatic heterocycles. The molecule has 0 aromatic carbocycles. The van der Waals surface area contributed by atoms with Crippen LogP contribution in [0.5, 0.6) is 0 Å². The maximum atomic E-state index is 12.0. The third kappa shape index (κ3) is 2.69. The maximum Gasteiger partial charge on any atom is 0.334 e. The summed E-state index contributed by atoms with van der Waals surface area (Å²) in [4.78, 5) is 13.7. The van der Waals surface area contributed by atoms with E-state index in [1.807, 2.05) is 18.5 Å². The summed E-state index contributed by atoms with van der Waals surface area (Å²) in [6.45, 7) is 6.55. The predicted octanol–water partition coefficient (Wildman–Crippen LogP) is 1.62. The fourth-order valence-electron chi connectivity index (χ4n) is 2.30. The first-order valence-corrected chi connectivity index (χ1v) is 7.01. The molecule has 0 radical (unpaired) electrons. The molecule has 2 heterocycles. The molecule has 0 aliphatic carbocycles. The molecule has 19 heavy (non-hydrogen) atoms. The van der Waals surface area contributed by atoms with Crippen LogP contribution in [0, 0.1) is 0 Å². The lowest BCUT2D eigenvalue weighted by Crippen LogP contribution is -2.52. The van der Waals surface area contributed by atoms with Crippen molar-refractivity contribution in [1.29, 1.82) is 0 Å². The summed E-state index contributed by atoms with van der Waals surface area (Å²) in [7, 11) is 0. The Balaban J connectivity index is 2.22. The van der Waals surface area contributed by atoms with Gasteiger partial charge in [-0.05, 0) is 19.8 Å². The van der Waals surface area contributed by atoms with Crippen LogP contribution in [0.4, 0.5) is 4.79 Å². The van der Waals surface area contributed by atoms with Crippen molar-refractivity contribution in [2.75, 3.05) is 13.1 Å². The van der Waals surface area contributed by atoms with Crippen LogP contribution in [0.25, 0.3) is 0 Å². The second-order valence-corrected chi connectivity index (χ2v) is 5.01. The number of urea groups is 1. The van der Waals surface area contributed by atoms with E-state index in [-0.39, 0.29) is 6.03 Å². The molecular weight excluding hydrogens is 266 g/mol. The molecule has 7 heteroatoms. The van der Waals surface area contributed by atoms with E-state index < -0.39 is 0 Å². The summed E-state index contributed by atoms with van der Waals surface area (Å²) in [6.07, 6.45) is 1.66. The smallest absolute Gasteiger partial charge is 0.318 e. The van der Waals surface area contributed by atoms with Gasteiger partial charge in [-0.1, -0.05) is 18.5 Å². The summed E-state index contributed by atoms with van der Waals surface area (Å²) >= 11 is 6.35. The van der Waals surface area contributed by atoms with Gasteiger partial charge in [0.05, 0.1) is 23.0 Å². The van der Waals surface area contributed by atoms with E-state index in [0.29, 0.717) is 24.7 Å². The molecule has 1 saturated heterocycles. The van der Waals surface area contributed by atoms with Crippen molar-refractivity contribution in [3.63, 3.8) is 0 Å². The van der Waals surface area contributed by atoms with E-state index in [1.54, 1.807) is 4.90 Å². The first kappa shape index (κ1) is 14.1. The van der Waals surface area contributed by atoms with Gasteiger partial charge in [0.2, 0.25) is 0 Å². The van der Waals surface area contributed by atoms with Crippen LogP contribution in [-0.4, -0.2) is 38.8 Å². The average Bonchev–Trinajstić information content (AvgIpc) is 2.71. The number of aryl methyl sites for hydroxylation is 2. The van der Waals surface area contributed by atoms with Gasteiger partial charge in [-0.2, -0.15) is 5.10 Å². The molecule has 0 unspecified atom stereocenters. The first-order valence-electron chi connectivity index (χ1n) is 6.63. The number of aromatic nitrogens is 2. The molecule has 6 nitrogen and oxygen atoms in total. The largest absolute Gasteiger partial charge is 0.334 e. The number of rotatable bonds is 4. The Bertz CT molecular complexity index is 473. The van der Waals surface area contributed by atoms with E-state index >= 15 is 0 Å². The molecule has 2 amide bonds. The first-order chi connectivity index (χ1) is 9.08. The van der Waals surface area contributed by atoms with Gasteiger partial charge in [0.1, 0.15) is 0 Å². The molecule has 0 saturated carbocycles. The van der Waals surface area contributed by atoms with E-state index in [0.717, 1.165) is 30.8 Å². The molecule has 0 spiro atoms. The van der Waals surface area contributed by atoms with Gasteiger partial charge in [0, 0.05) is 19.6 Å². The molecule has 1 aliphatic rings. The van der Waals surface area contributed by atoms with Gasteiger partial charge >= 0.3 is 6.03 Å². The van der Waals surface area contributed by atoms with E-state index in [9.17, 15) is 4.79 Å². The van der Waals surface area contributed by atoms with Gasteiger partial charge < -0.3 is 4.90 Å². The Kier molecular flexibility index (Phi) is 4.31. The van der Waals surface area contributed by atoms with Gasteiger partial charge in [-0.25, -0.2) is 10.6 Å². The summed E-state index contributed by atoms with van der Waals surface area (Å²) in [5.74, 6) is 5.65. The van der Waals surface area contributed by atoms with Crippen LogP contribution >= 0.6 is 11.6 Å². The number of amides is 2. The molecule has 1 aromatic heterocycles. The van der Waals surface area contributed by atoms with E-state index in [4.69, 9.17) is 17.4 Å². The second kappa shape index (κ2) is 5.79. The zero-order valence-electron chi connectivity index (χ0n) is 11.4. The zero-order valence-corrected chi connectivity index (χ0v) is 12.2. The SMILES string of the molecule is CCc1nn(CC)c(CN2CCCN(N)C2=O)c1Cl. The highest BCUT2D eigenvalue weighted by Gasteiger charge is 2.26. The van der Waals surface area contributed by atoms with Crippen LogP contribution in [0.2, 0.25) is 5.02 Å². The number of carbonyl (C=O) groups excluding carboxylic acids is 1. The van der Waals surface area contributed by atoms with Crippen molar-refractivity contribution in [1.82, 2.24) is 19.7 Å². The standard InChI is InChI=1S/C12H20ClN5O/c1-3-9-11(13)10(18(4-2)15-9)8-16-6-5-7-17(14)12(16)19/h3-8,14H2,1-2H3. The van der Waals surface area contributed by atoms with Crippen LogP contribution in [0.1, 0.15) is 31.7 Å². The van der Waals surface area contributed by atoms with Crippen LogP contribution in [0.15, 0.2) is 0 Å². The van der Waals surface area contributed by atoms with Gasteiger partial charge in [0.15, 0.2) is 0 Å². The fraction of sp³-hybridized carbons (Fsp3) is 0.667. The topological polar surface area (TPSA) is 67.4 Å². The Morgan fingerprint density at radius 1 is 1.37 bits per heavy atom. The predicted molar refractivity (Wildman–Crippen MR) is 73.6 cm³/mol. The third-order valence-corrected chi connectivity index (χ3v) is 3.81. The molecular formula is C12H20ClN5O. The fourth-order valence-corrected chi connectivity index (χ4v) is 2.63. The minimum atomic E-state index is -0.149. The Hall–Kier alpha value is -1.27. The molecule has 0 atom stereocenters. The minimum absolute atomic E-state index is 0.149. The van der Waals surface area contributed by atoms with Gasteiger partial charge in [-0.15, -0.1) is 0 Å². The Labute approximate surface area is 118 Å². The highest BCUT2D eigenvalue weighted by atomic mass is 35.5. The van der Waals surface area contributed by atoms with Crippen molar-refractivity contribution in [3.05, 3.63) is 16.4 Å². The van der Waals surface area contributed by atoms with Crippen molar-refractivity contribution >= 4 is 17.6 Å². The van der Waals surface area contributed by atoms with Crippen LogP contribution in [-0.2, 0) is 19.5 Å². The van der Waals surface area contributed by atoms with Crippen LogP contribution < -0.4 is 5.84 Å². The number of hydrazine groups is 1. The molecule has 2 N–H and O–H groups in total. The molecule has 1 aromatic rings. The Morgan fingerprint density at radius 2 is 2.11 bits per heavy atom. The number of nitrogens with two attached hydrogens (primary N) is 1. The summed E-state index contributed by atoms with van der Waals surface area (Å²) in [5.41, 5.74) is 1.78. The van der Waals surface area contributed by atoms with E-state index in [1.165, 1.54) is 5.01 Å². The lowest BCUT2D eigenvalue weighted by atomic mass is 10.2. The normalized spacial score (nSPS) is 16.3. The summed E-state index contributed by atoms with van der Waals surface area (Å²) < 4.78 is 1.86. The molecule has 2 rings (SSSR count). The van der Waals surface area contributed by atoms with Crippen molar-refractivity contribution in [3.8, 4) is 0 Å². The monoisotopic (exact) mass is 285 g/mol. The molecule has 0 bridgehead atoms. The molecule has 106 valence electrons. The highest BCUT2D eigenvalue weighted by Crippen LogP contribution is 2.24. The number of nitrogens with zero attached hydrogens (tertiary/aromatic N) is 4. The average molecular weight is 286 g/mol. The minimum Gasteiger partial charge on any atom is -0.318 e. The van der Waals surface area contributed by atoms with E-state index in [2.05, 4.69) is 5.10 Å². The summed E-state index contributed by atoms with van der Waals surface area (Å²) in [6, 6.07) is -0.149. The maximum absolute atomic E-state index is 12.0. The van der Waals surface area contributed by atoms with Crippen molar-refractivity contribution in [2.24, 2.45) is 5.84 Å². The zero-order chi connectivity index (χ0) is 14.0. The van der Waals surface area contributed by atoms with Crippen molar-refractivity contribution < 1.29 is 4.79 Å². The van der Waals surface area contributed by atoms with Gasteiger partial charge in [0.25, 0.3) is 0 Å². The number of carbonyl (C=O) groups is 1. The quantitative estimate of drug-likeness (QED) is 0.675. The number of hydrogen-bond acceptors (Lipinski definition) is 3. The van der Waals surface area contributed by atoms with Crippen molar-refractivity contribution in [2.45, 2.75) is 39.8 Å². The van der Waals surface area contributed by atoms with Gasteiger partial charge in [-0.3, -0.25) is 9.69 Å². The second-order valence-electron chi connectivity index (χ2n) is 4.63. The highest BCUT2D eigenvalue weighted by molar-refractivity contribution is 6.31. The number of hydrogen-bond donors (Lipinski definition) is 1. The third-order valence-electron chi connectivity index (χ3n) is 3.38. The van der Waals surface area contributed by atoms with Crippen LogP contribution in [0.3, 0.4) is 0 Å². The Morgan fingerprint density at radius 3 is 2.74 bits per heavy atom. The lowest BCUT2D eigenvalue weighted by Gasteiger charge is -2.32. The number of halogens is 1. The lowest BCUT2D eigenvalue weighted by molar-refractivity contribution is 0.126.